The van der Waals surface area contributed by atoms with Crippen LogP contribution >= 0.6 is 12.2 Å². The van der Waals surface area contributed by atoms with Crippen molar-refractivity contribution in [3.8, 4) is 0 Å². The first-order valence-corrected chi connectivity index (χ1v) is 2.21. The summed E-state index contributed by atoms with van der Waals surface area (Å²) in [6.07, 6.45) is 0. The average Bonchev–Trinajstić information content (AvgIpc) is 1.33. The lowest BCUT2D eigenvalue weighted by molar-refractivity contribution is 0.318. The highest BCUT2D eigenvalue weighted by molar-refractivity contribution is 7.80. The minimum atomic E-state index is 0.000000000000000222. The third-order valence-corrected chi connectivity index (χ3v) is 0. The molecule has 0 aliphatic carbocycles. The SMILES string of the molecule is CCO.NC(N)=S. The fraction of sp³-hybridized carbons (Fsp3) is 0.667. The number of thiocarbonyl (C=S) groups is 1. The minimum Gasteiger partial charge on any atom is -0.397 e. The average molecular weight is 122 g/mol. The van der Waals surface area contributed by atoms with Gasteiger partial charge in [0.1, 0.15) is 0 Å². The van der Waals surface area contributed by atoms with Gasteiger partial charge in [-0.1, -0.05) is 0 Å². The summed E-state index contributed by atoms with van der Waals surface area (Å²) in [5.41, 5.74) is 9.24. The van der Waals surface area contributed by atoms with E-state index in [0.29, 0.717) is 0 Å². The Hall–Kier alpha value is -0.350. The largest absolute Gasteiger partial charge is 0.397 e. The van der Waals surface area contributed by atoms with Gasteiger partial charge in [-0.15, -0.1) is 0 Å². The van der Waals surface area contributed by atoms with Gasteiger partial charge >= 0.3 is 0 Å². The van der Waals surface area contributed by atoms with Gasteiger partial charge in [-0.25, -0.2) is 0 Å². The lowest BCUT2D eigenvalue weighted by atomic mass is 10.9. The van der Waals surface area contributed by atoms with Gasteiger partial charge in [0, 0.05) is 6.61 Å². The zero-order valence-corrected chi connectivity index (χ0v) is 5.03. The van der Waals surface area contributed by atoms with E-state index in [2.05, 4.69) is 23.7 Å². The Balaban J connectivity index is 0. The Morgan fingerprint density at radius 3 is 1.71 bits per heavy atom. The Morgan fingerprint density at radius 1 is 1.71 bits per heavy atom. The topological polar surface area (TPSA) is 72.3 Å². The molecule has 0 aromatic rings. The molecule has 5 N–H and O–H groups in total. The highest BCUT2D eigenvalue weighted by Gasteiger charge is 1.53. The molecule has 0 radical (unpaired) electrons. The molecule has 0 heterocycles. The van der Waals surface area contributed by atoms with E-state index in [4.69, 9.17) is 5.11 Å². The summed E-state index contributed by atoms with van der Waals surface area (Å²) in [7, 11) is 0. The molecule has 0 saturated heterocycles. The number of aliphatic hydroxyl groups excluding tert-OH is 1. The molecule has 44 valence electrons. The molecule has 4 heteroatoms. The maximum absolute atomic E-state index is 7.57. The summed E-state index contributed by atoms with van der Waals surface area (Å²) in [4.78, 5) is 0. The number of hydrogen-bond acceptors (Lipinski definition) is 2. The summed E-state index contributed by atoms with van der Waals surface area (Å²) in [6.45, 7) is 1.93. The zero-order valence-electron chi connectivity index (χ0n) is 4.22. The monoisotopic (exact) mass is 122 g/mol. The third-order valence-electron chi connectivity index (χ3n) is 0. The molecule has 7 heavy (non-hydrogen) atoms. The zero-order chi connectivity index (χ0) is 6.28. The maximum Gasteiger partial charge on any atom is 0.160 e. The molecular weight excluding hydrogens is 112 g/mol. The molecule has 0 aliphatic rings. The Bertz CT molecular complexity index is 44.2. The number of rotatable bonds is 0. The van der Waals surface area contributed by atoms with Gasteiger partial charge in [-0.05, 0) is 19.1 Å². The minimum absolute atomic E-state index is 0.000000000000000222. The van der Waals surface area contributed by atoms with Crippen LogP contribution in [0.3, 0.4) is 0 Å². The second kappa shape index (κ2) is 9.17. The van der Waals surface area contributed by atoms with E-state index >= 15 is 0 Å². The predicted molar refractivity (Wildman–Crippen MR) is 33.7 cm³/mol. The fourth-order valence-corrected chi connectivity index (χ4v) is 0. The van der Waals surface area contributed by atoms with Gasteiger partial charge in [-0.2, -0.15) is 0 Å². The van der Waals surface area contributed by atoms with Crippen molar-refractivity contribution in [2.45, 2.75) is 6.92 Å². The summed E-state index contributed by atoms with van der Waals surface area (Å²) in [5.74, 6) is 0. The molecule has 3 nitrogen and oxygen atoms in total. The van der Waals surface area contributed by atoms with Gasteiger partial charge in [0.25, 0.3) is 0 Å². The van der Waals surface area contributed by atoms with Gasteiger partial charge in [0.05, 0.1) is 0 Å². The molecule has 0 aliphatic heterocycles. The third kappa shape index (κ3) is 614. The molecule has 0 fully saturated rings. The van der Waals surface area contributed by atoms with Crippen molar-refractivity contribution in [3.63, 3.8) is 0 Å². The van der Waals surface area contributed by atoms with Crippen molar-refractivity contribution in [1.82, 2.24) is 0 Å². The Labute approximate surface area is 48.3 Å². The van der Waals surface area contributed by atoms with Crippen LogP contribution in [-0.2, 0) is 0 Å². The van der Waals surface area contributed by atoms with E-state index < -0.39 is 0 Å². The maximum atomic E-state index is 7.57. The van der Waals surface area contributed by atoms with E-state index in [1.807, 2.05) is 0 Å². The molecule has 0 aromatic carbocycles. The van der Waals surface area contributed by atoms with Gasteiger partial charge in [0.15, 0.2) is 5.11 Å². The van der Waals surface area contributed by atoms with Crippen molar-refractivity contribution in [3.05, 3.63) is 0 Å². The second-order valence-electron chi connectivity index (χ2n) is 0.719. The van der Waals surface area contributed by atoms with Crippen LogP contribution in [0.25, 0.3) is 0 Å². The smallest absolute Gasteiger partial charge is 0.160 e. The van der Waals surface area contributed by atoms with E-state index in [1.165, 1.54) is 0 Å². The number of hydrogen-bond donors (Lipinski definition) is 3. The predicted octanol–water partition coefficient (Wildman–Crippen LogP) is -0.813. The molecule has 0 aromatic heterocycles. The van der Waals surface area contributed by atoms with E-state index in [0.717, 1.165) is 0 Å². The van der Waals surface area contributed by atoms with Crippen LogP contribution in [0.2, 0.25) is 0 Å². The molecule has 0 unspecified atom stereocenters. The highest BCUT2D eigenvalue weighted by atomic mass is 32.1. The van der Waals surface area contributed by atoms with Crippen LogP contribution in [0.5, 0.6) is 0 Å². The standard InChI is InChI=1S/C2H6O.CH4N2S/c1-2-3;2-1(3)4/h3H,2H2,1H3;(H4,2,3,4). The van der Waals surface area contributed by atoms with E-state index in [1.54, 1.807) is 6.92 Å². The summed E-state index contributed by atoms with van der Waals surface area (Å²) in [5, 5.41) is 7.57. The van der Waals surface area contributed by atoms with Crippen molar-refractivity contribution < 1.29 is 5.11 Å². The Morgan fingerprint density at radius 2 is 1.71 bits per heavy atom. The lowest BCUT2D eigenvalue weighted by Crippen LogP contribution is -2.18. The van der Waals surface area contributed by atoms with Crippen molar-refractivity contribution in [1.29, 1.82) is 0 Å². The summed E-state index contributed by atoms with van der Waals surface area (Å²) >= 11 is 4.09. The molecular formula is C3H10N2OS. The number of nitrogens with two attached hydrogens (primary N) is 2. The quantitative estimate of drug-likeness (QED) is 0.367. The highest BCUT2D eigenvalue weighted by Crippen LogP contribution is 1.32. The fourth-order valence-electron chi connectivity index (χ4n) is 0. The molecule has 0 saturated carbocycles. The van der Waals surface area contributed by atoms with Gasteiger partial charge in [-0.3, -0.25) is 0 Å². The van der Waals surface area contributed by atoms with Crippen LogP contribution in [0.1, 0.15) is 6.92 Å². The Kier molecular flexibility index (Phi) is 12.9. The van der Waals surface area contributed by atoms with Crippen LogP contribution < -0.4 is 11.5 Å². The molecule has 0 bridgehead atoms. The van der Waals surface area contributed by atoms with Crippen molar-refractivity contribution in [2.75, 3.05) is 6.61 Å². The van der Waals surface area contributed by atoms with Crippen LogP contribution in [0, 0.1) is 0 Å². The molecule has 0 spiro atoms. The van der Waals surface area contributed by atoms with Gasteiger partial charge < -0.3 is 16.6 Å². The second-order valence-corrected chi connectivity index (χ2v) is 1.19. The van der Waals surface area contributed by atoms with Crippen molar-refractivity contribution in [2.24, 2.45) is 11.5 Å². The normalized spacial score (nSPS) is 6.00. The first-order valence-electron chi connectivity index (χ1n) is 1.80. The van der Waals surface area contributed by atoms with E-state index in [-0.39, 0.29) is 11.7 Å². The first-order chi connectivity index (χ1) is 3.15. The van der Waals surface area contributed by atoms with Gasteiger partial charge in [0.2, 0.25) is 0 Å². The lowest BCUT2D eigenvalue weighted by Gasteiger charge is -1.68. The summed E-state index contributed by atoms with van der Waals surface area (Å²) in [6, 6.07) is 0. The van der Waals surface area contributed by atoms with Crippen molar-refractivity contribution >= 4 is 17.3 Å². The molecule has 0 rings (SSSR count). The van der Waals surface area contributed by atoms with Crippen LogP contribution in [-0.4, -0.2) is 16.8 Å². The first kappa shape index (κ1) is 9.82. The number of aliphatic hydroxyl groups is 1. The van der Waals surface area contributed by atoms with Crippen LogP contribution in [0.4, 0.5) is 0 Å². The van der Waals surface area contributed by atoms with Crippen LogP contribution in [0.15, 0.2) is 0 Å². The molecule has 0 amide bonds. The van der Waals surface area contributed by atoms with E-state index in [9.17, 15) is 0 Å². The molecule has 0 atom stereocenters. The summed E-state index contributed by atoms with van der Waals surface area (Å²) < 4.78 is 0.